The van der Waals surface area contributed by atoms with E-state index in [0.29, 0.717) is 31.0 Å². The maximum Gasteiger partial charge on any atom is 0.342 e. The van der Waals surface area contributed by atoms with Gasteiger partial charge in [-0.2, -0.15) is 0 Å². The molecule has 1 saturated heterocycles. The zero-order valence-electron chi connectivity index (χ0n) is 18.4. The largest absolute Gasteiger partial charge is 0.462 e. The molecule has 30 heavy (non-hydrogen) atoms. The summed E-state index contributed by atoms with van der Waals surface area (Å²) in [6.45, 7) is 12.2. The second-order valence-electron chi connectivity index (χ2n) is 7.82. The van der Waals surface area contributed by atoms with Crippen molar-refractivity contribution < 1.29 is 19.1 Å². The Kier molecular flexibility index (Phi) is 7.33. The first-order valence-corrected chi connectivity index (χ1v) is 11.2. The molecule has 2 aromatic rings. The van der Waals surface area contributed by atoms with Gasteiger partial charge in [0.05, 0.1) is 31.9 Å². The SMILES string of the molecule is CCOC(=O)c1c(C)c(C)n(Cc2cccs2)c1NC(=O)CN1C[C@H](C)O[C@@H](C)C1. The van der Waals surface area contributed by atoms with Gasteiger partial charge in [0.1, 0.15) is 11.4 Å². The van der Waals surface area contributed by atoms with Crippen molar-refractivity contribution in [2.24, 2.45) is 0 Å². The molecule has 1 aliphatic rings. The number of nitrogens with zero attached hydrogens (tertiary/aromatic N) is 2. The number of carbonyl (C=O) groups excluding carboxylic acids is 2. The fourth-order valence-corrected chi connectivity index (χ4v) is 4.68. The van der Waals surface area contributed by atoms with Crippen molar-refractivity contribution in [2.75, 3.05) is 31.6 Å². The van der Waals surface area contributed by atoms with Gasteiger partial charge < -0.3 is 19.4 Å². The van der Waals surface area contributed by atoms with Crippen LogP contribution in [0.2, 0.25) is 0 Å². The number of hydrogen-bond donors (Lipinski definition) is 1. The predicted octanol–water partition coefficient (Wildman–Crippen LogP) is 3.44. The third kappa shape index (κ3) is 5.11. The van der Waals surface area contributed by atoms with Gasteiger partial charge >= 0.3 is 5.97 Å². The van der Waals surface area contributed by atoms with E-state index in [1.54, 1.807) is 18.3 Å². The number of nitrogens with one attached hydrogen (secondary N) is 1. The van der Waals surface area contributed by atoms with E-state index in [1.807, 2.05) is 49.8 Å². The highest BCUT2D eigenvalue weighted by Crippen LogP contribution is 2.29. The molecule has 0 bridgehead atoms. The van der Waals surface area contributed by atoms with Gasteiger partial charge in [-0.3, -0.25) is 9.69 Å². The third-order valence-electron chi connectivity index (χ3n) is 5.32. The summed E-state index contributed by atoms with van der Waals surface area (Å²) in [7, 11) is 0. The molecular weight excluding hydrogens is 402 g/mol. The molecule has 0 spiro atoms. The molecule has 164 valence electrons. The molecule has 2 aromatic heterocycles. The number of aromatic nitrogens is 1. The van der Waals surface area contributed by atoms with Crippen LogP contribution in [-0.2, 0) is 20.8 Å². The lowest BCUT2D eigenvalue weighted by Gasteiger charge is -2.34. The van der Waals surface area contributed by atoms with E-state index in [0.717, 1.165) is 16.1 Å². The van der Waals surface area contributed by atoms with E-state index in [1.165, 1.54) is 0 Å². The number of hydrogen-bond acceptors (Lipinski definition) is 6. The van der Waals surface area contributed by atoms with Crippen molar-refractivity contribution in [2.45, 2.75) is 53.4 Å². The molecule has 2 atom stereocenters. The molecule has 8 heteroatoms. The fraction of sp³-hybridized carbons (Fsp3) is 0.545. The number of anilines is 1. The number of thiophene rings is 1. The highest BCUT2D eigenvalue weighted by molar-refractivity contribution is 7.09. The highest BCUT2D eigenvalue weighted by atomic mass is 32.1. The Morgan fingerprint density at radius 2 is 1.97 bits per heavy atom. The van der Waals surface area contributed by atoms with Crippen LogP contribution in [-0.4, -0.2) is 59.8 Å². The van der Waals surface area contributed by atoms with Gasteiger partial charge in [0.15, 0.2) is 0 Å². The first kappa shape index (κ1) is 22.5. The maximum absolute atomic E-state index is 12.9. The number of esters is 1. The second-order valence-corrected chi connectivity index (χ2v) is 8.85. The topological polar surface area (TPSA) is 72.8 Å². The van der Waals surface area contributed by atoms with Crippen LogP contribution in [0.25, 0.3) is 0 Å². The van der Waals surface area contributed by atoms with Gasteiger partial charge in [-0.1, -0.05) is 6.07 Å². The molecule has 3 rings (SSSR count). The van der Waals surface area contributed by atoms with Crippen LogP contribution < -0.4 is 5.32 Å². The van der Waals surface area contributed by atoms with Crippen LogP contribution in [0.5, 0.6) is 0 Å². The molecule has 1 fully saturated rings. The number of morpholine rings is 1. The summed E-state index contributed by atoms with van der Waals surface area (Å²) in [6.07, 6.45) is 0.174. The van der Waals surface area contributed by atoms with Gasteiger partial charge in [-0.15, -0.1) is 11.3 Å². The molecule has 1 N–H and O–H groups in total. The van der Waals surface area contributed by atoms with E-state index in [2.05, 4.69) is 10.2 Å². The van der Waals surface area contributed by atoms with E-state index in [4.69, 9.17) is 9.47 Å². The molecule has 1 aliphatic heterocycles. The van der Waals surface area contributed by atoms with E-state index < -0.39 is 5.97 Å². The lowest BCUT2D eigenvalue weighted by molar-refractivity contribution is -0.121. The Bertz CT molecular complexity index is 881. The number of amides is 1. The van der Waals surface area contributed by atoms with E-state index in [9.17, 15) is 9.59 Å². The standard InChI is InChI=1S/C22H31N3O4S/c1-6-28-22(27)20-16(4)17(5)25(12-18-8-7-9-30-18)21(20)23-19(26)13-24-10-14(2)29-15(3)11-24/h7-9,14-15H,6,10-13H2,1-5H3,(H,23,26)/t14-,15-/m0/s1. The summed E-state index contributed by atoms with van der Waals surface area (Å²) in [4.78, 5) is 28.9. The Morgan fingerprint density at radius 3 is 2.57 bits per heavy atom. The maximum atomic E-state index is 12.9. The summed E-state index contributed by atoms with van der Waals surface area (Å²) in [5.41, 5.74) is 2.20. The van der Waals surface area contributed by atoms with Crippen LogP contribution in [0.4, 0.5) is 5.82 Å². The predicted molar refractivity (Wildman–Crippen MR) is 118 cm³/mol. The van der Waals surface area contributed by atoms with Crippen LogP contribution in [0.1, 0.15) is 47.3 Å². The second kappa shape index (κ2) is 9.76. The van der Waals surface area contributed by atoms with Crippen molar-refractivity contribution >= 4 is 29.0 Å². The number of ether oxygens (including phenoxy) is 2. The summed E-state index contributed by atoms with van der Waals surface area (Å²) < 4.78 is 13.0. The van der Waals surface area contributed by atoms with Crippen LogP contribution in [0, 0.1) is 13.8 Å². The monoisotopic (exact) mass is 433 g/mol. The zero-order valence-corrected chi connectivity index (χ0v) is 19.2. The molecule has 0 saturated carbocycles. The minimum atomic E-state index is -0.410. The molecule has 0 unspecified atom stereocenters. The highest BCUT2D eigenvalue weighted by Gasteiger charge is 2.28. The molecule has 0 aliphatic carbocycles. The van der Waals surface area contributed by atoms with Gasteiger partial charge in [-0.05, 0) is 51.6 Å². The molecule has 3 heterocycles. The lowest BCUT2D eigenvalue weighted by Crippen LogP contribution is -2.48. The Hall–Kier alpha value is -2.16. The van der Waals surface area contributed by atoms with Crippen molar-refractivity contribution in [1.82, 2.24) is 9.47 Å². The Labute approximate surface area is 182 Å². The first-order chi connectivity index (χ1) is 14.3. The van der Waals surface area contributed by atoms with Crippen LogP contribution in [0.3, 0.4) is 0 Å². The third-order valence-corrected chi connectivity index (χ3v) is 6.18. The molecule has 7 nitrogen and oxygen atoms in total. The van der Waals surface area contributed by atoms with Gasteiger partial charge in [-0.25, -0.2) is 4.79 Å². The minimum absolute atomic E-state index is 0.0869. The van der Waals surface area contributed by atoms with Crippen molar-refractivity contribution in [1.29, 1.82) is 0 Å². The zero-order chi connectivity index (χ0) is 21.8. The number of carbonyl (C=O) groups is 2. The van der Waals surface area contributed by atoms with Gasteiger partial charge in [0.25, 0.3) is 0 Å². The van der Waals surface area contributed by atoms with Crippen LogP contribution >= 0.6 is 11.3 Å². The van der Waals surface area contributed by atoms with Crippen LogP contribution in [0.15, 0.2) is 17.5 Å². The Balaban J connectivity index is 1.87. The average Bonchev–Trinajstić information content (AvgIpc) is 3.24. The Morgan fingerprint density at radius 1 is 1.27 bits per heavy atom. The molecule has 1 amide bonds. The van der Waals surface area contributed by atoms with Gasteiger partial charge in [0.2, 0.25) is 5.91 Å². The average molecular weight is 434 g/mol. The fourth-order valence-electron chi connectivity index (χ4n) is 3.99. The van der Waals surface area contributed by atoms with Crippen molar-refractivity contribution in [3.05, 3.63) is 39.2 Å². The summed E-state index contributed by atoms with van der Waals surface area (Å²) in [5.74, 6) is -0.0464. The van der Waals surface area contributed by atoms with Crippen molar-refractivity contribution in [3.8, 4) is 0 Å². The van der Waals surface area contributed by atoms with Crippen molar-refractivity contribution in [3.63, 3.8) is 0 Å². The first-order valence-electron chi connectivity index (χ1n) is 10.4. The normalized spacial score (nSPS) is 19.6. The summed E-state index contributed by atoms with van der Waals surface area (Å²) in [5, 5.41) is 5.04. The smallest absolute Gasteiger partial charge is 0.342 e. The van der Waals surface area contributed by atoms with E-state index in [-0.39, 0.29) is 31.3 Å². The minimum Gasteiger partial charge on any atom is -0.462 e. The van der Waals surface area contributed by atoms with Gasteiger partial charge in [0, 0.05) is 23.7 Å². The molecule has 0 radical (unpaired) electrons. The number of rotatable bonds is 7. The quantitative estimate of drug-likeness (QED) is 0.677. The summed E-state index contributed by atoms with van der Waals surface area (Å²) >= 11 is 1.64. The lowest BCUT2D eigenvalue weighted by atomic mass is 10.1. The summed E-state index contributed by atoms with van der Waals surface area (Å²) in [6, 6.07) is 4.04. The molecule has 0 aromatic carbocycles. The van der Waals surface area contributed by atoms with E-state index >= 15 is 0 Å². The molecular formula is C22H31N3O4S.